The van der Waals surface area contributed by atoms with E-state index in [0.717, 1.165) is 17.5 Å². The molecule has 0 aliphatic carbocycles. The lowest BCUT2D eigenvalue weighted by Crippen LogP contribution is -2.33. The maximum Gasteiger partial charge on any atom is 0.251 e. The number of aliphatic hydroxyl groups is 1. The van der Waals surface area contributed by atoms with Gasteiger partial charge >= 0.3 is 0 Å². The monoisotopic (exact) mass is 221 g/mol. The molecule has 0 heterocycles. The zero-order chi connectivity index (χ0) is 12.0. The Morgan fingerprint density at radius 2 is 2.12 bits per heavy atom. The molecule has 1 atom stereocenters. The number of aliphatic hydroxyl groups excluding tert-OH is 1. The minimum absolute atomic E-state index is 0.00223. The van der Waals surface area contributed by atoms with Gasteiger partial charge in [-0.3, -0.25) is 4.79 Å². The smallest absolute Gasteiger partial charge is 0.251 e. The van der Waals surface area contributed by atoms with Gasteiger partial charge in [-0.15, -0.1) is 0 Å². The van der Waals surface area contributed by atoms with E-state index in [9.17, 15) is 4.79 Å². The molecule has 1 aromatic rings. The molecule has 0 saturated carbocycles. The Morgan fingerprint density at radius 1 is 1.44 bits per heavy atom. The average Bonchev–Trinajstić information content (AvgIpc) is 2.29. The van der Waals surface area contributed by atoms with Crippen LogP contribution in [0.2, 0.25) is 0 Å². The van der Waals surface area contributed by atoms with Gasteiger partial charge in [0.2, 0.25) is 0 Å². The molecule has 88 valence electrons. The Bertz CT molecular complexity index is 350. The predicted octanol–water partition coefficient (Wildman–Crippen LogP) is 1.75. The van der Waals surface area contributed by atoms with E-state index < -0.39 is 0 Å². The molecule has 0 bridgehead atoms. The maximum absolute atomic E-state index is 11.9. The van der Waals surface area contributed by atoms with E-state index in [0.29, 0.717) is 6.42 Å². The van der Waals surface area contributed by atoms with Crippen molar-refractivity contribution in [2.75, 3.05) is 6.61 Å². The van der Waals surface area contributed by atoms with Gasteiger partial charge in [-0.05, 0) is 31.4 Å². The Hall–Kier alpha value is -1.35. The zero-order valence-corrected chi connectivity index (χ0v) is 9.86. The average molecular weight is 221 g/mol. The van der Waals surface area contributed by atoms with Crippen LogP contribution < -0.4 is 5.32 Å². The summed E-state index contributed by atoms with van der Waals surface area (Å²) in [7, 11) is 0. The van der Waals surface area contributed by atoms with Crippen molar-refractivity contribution in [2.45, 2.75) is 32.7 Å². The fourth-order valence-corrected chi connectivity index (χ4v) is 1.62. The molecule has 1 rings (SSSR count). The first-order chi connectivity index (χ1) is 7.69. The van der Waals surface area contributed by atoms with Crippen molar-refractivity contribution in [1.82, 2.24) is 5.32 Å². The molecule has 3 nitrogen and oxygen atoms in total. The molecule has 0 spiro atoms. The third kappa shape index (κ3) is 3.35. The molecule has 0 aromatic heterocycles. The summed E-state index contributed by atoms with van der Waals surface area (Å²) < 4.78 is 0. The lowest BCUT2D eigenvalue weighted by atomic mass is 10.0. The van der Waals surface area contributed by atoms with Crippen LogP contribution in [0.25, 0.3) is 0 Å². The van der Waals surface area contributed by atoms with Gasteiger partial charge in [0.05, 0.1) is 0 Å². The molecular formula is C13H19NO2. The second-order valence-electron chi connectivity index (χ2n) is 3.90. The quantitative estimate of drug-likeness (QED) is 0.795. The van der Waals surface area contributed by atoms with Gasteiger partial charge in [0.15, 0.2) is 0 Å². The van der Waals surface area contributed by atoms with Crippen molar-refractivity contribution in [3.8, 4) is 0 Å². The van der Waals surface area contributed by atoms with E-state index in [1.807, 2.05) is 38.1 Å². The fourth-order valence-electron chi connectivity index (χ4n) is 1.62. The first kappa shape index (κ1) is 12.7. The number of aryl methyl sites for hydroxylation is 1. The molecule has 0 aliphatic rings. The van der Waals surface area contributed by atoms with Crippen LogP contribution in [0.5, 0.6) is 0 Å². The lowest BCUT2D eigenvalue weighted by molar-refractivity contribution is 0.0933. The highest BCUT2D eigenvalue weighted by atomic mass is 16.3. The number of nitrogens with one attached hydrogen (secondary N) is 1. The summed E-state index contributed by atoms with van der Waals surface area (Å²) in [5, 5.41) is 11.6. The van der Waals surface area contributed by atoms with Crippen LogP contribution in [0.3, 0.4) is 0 Å². The van der Waals surface area contributed by atoms with Gasteiger partial charge in [0.1, 0.15) is 0 Å². The number of hydrogen-bond donors (Lipinski definition) is 2. The third-order valence-corrected chi connectivity index (χ3v) is 2.58. The van der Waals surface area contributed by atoms with E-state index >= 15 is 0 Å². The Morgan fingerprint density at radius 3 is 2.75 bits per heavy atom. The highest BCUT2D eigenvalue weighted by Crippen LogP contribution is 2.09. The second kappa shape index (κ2) is 6.28. The maximum atomic E-state index is 11.9. The Labute approximate surface area is 96.5 Å². The van der Waals surface area contributed by atoms with E-state index in [-0.39, 0.29) is 18.6 Å². The van der Waals surface area contributed by atoms with Crippen LogP contribution in [-0.4, -0.2) is 23.7 Å². The van der Waals surface area contributed by atoms with Crippen molar-refractivity contribution in [3.05, 3.63) is 35.4 Å². The Kier molecular flexibility index (Phi) is 4.99. The van der Waals surface area contributed by atoms with E-state index in [1.165, 1.54) is 0 Å². The van der Waals surface area contributed by atoms with Crippen molar-refractivity contribution < 1.29 is 9.90 Å². The molecule has 0 saturated heterocycles. The fraction of sp³-hybridized carbons (Fsp3) is 0.462. The number of carbonyl (C=O) groups excluding carboxylic acids is 1. The lowest BCUT2D eigenvalue weighted by Gasteiger charge is -2.14. The minimum atomic E-state index is -0.0570. The number of amides is 1. The van der Waals surface area contributed by atoms with Crippen LogP contribution >= 0.6 is 0 Å². The van der Waals surface area contributed by atoms with Gasteiger partial charge < -0.3 is 10.4 Å². The van der Waals surface area contributed by atoms with Crippen LogP contribution in [0.1, 0.15) is 36.2 Å². The summed E-state index contributed by atoms with van der Waals surface area (Å²) in [5.41, 5.74) is 1.78. The van der Waals surface area contributed by atoms with Crippen molar-refractivity contribution in [1.29, 1.82) is 0 Å². The topological polar surface area (TPSA) is 49.3 Å². The normalized spacial score (nSPS) is 12.2. The minimum Gasteiger partial charge on any atom is -0.396 e. The number of carbonyl (C=O) groups is 1. The summed E-state index contributed by atoms with van der Waals surface area (Å²) in [6.07, 6.45) is 1.43. The van der Waals surface area contributed by atoms with Gasteiger partial charge in [-0.2, -0.15) is 0 Å². The molecule has 3 heteroatoms. The standard InChI is InChI=1S/C13H19NO2/c1-3-11-6-4-5-7-12(11)13(16)14-10(2)8-9-15/h4-7,10,15H,3,8-9H2,1-2H3,(H,14,16). The van der Waals surface area contributed by atoms with Crippen molar-refractivity contribution in [2.24, 2.45) is 0 Å². The summed E-state index contributed by atoms with van der Waals surface area (Å²) in [4.78, 5) is 11.9. The van der Waals surface area contributed by atoms with E-state index in [1.54, 1.807) is 0 Å². The van der Waals surface area contributed by atoms with Gasteiger partial charge in [-0.25, -0.2) is 0 Å². The Balaban J connectivity index is 2.72. The summed E-state index contributed by atoms with van der Waals surface area (Å²) in [5.74, 6) is -0.0570. The largest absolute Gasteiger partial charge is 0.396 e. The van der Waals surface area contributed by atoms with Gasteiger partial charge in [-0.1, -0.05) is 25.1 Å². The van der Waals surface area contributed by atoms with Crippen LogP contribution in [0.4, 0.5) is 0 Å². The van der Waals surface area contributed by atoms with Crippen LogP contribution in [-0.2, 0) is 6.42 Å². The first-order valence-electron chi connectivity index (χ1n) is 5.68. The first-order valence-corrected chi connectivity index (χ1v) is 5.68. The van der Waals surface area contributed by atoms with Gasteiger partial charge in [0, 0.05) is 18.2 Å². The number of rotatable bonds is 5. The van der Waals surface area contributed by atoms with E-state index in [2.05, 4.69) is 5.32 Å². The molecule has 0 aliphatic heterocycles. The van der Waals surface area contributed by atoms with Crippen molar-refractivity contribution in [3.63, 3.8) is 0 Å². The summed E-state index contributed by atoms with van der Waals surface area (Å²) >= 11 is 0. The summed E-state index contributed by atoms with van der Waals surface area (Å²) in [6.45, 7) is 4.02. The van der Waals surface area contributed by atoms with Crippen LogP contribution in [0.15, 0.2) is 24.3 Å². The van der Waals surface area contributed by atoms with E-state index in [4.69, 9.17) is 5.11 Å². The predicted molar refractivity (Wildman–Crippen MR) is 64.5 cm³/mol. The third-order valence-electron chi connectivity index (χ3n) is 2.58. The van der Waals surface area contributed by atoms with Gasteiger partial charge in [0.25, 0.3) is 5.91 Å². The molecule has 2 N–H and O–H groups in total. The van der Waals surface area contributed by atoms with Crippen molar-refractivity contribution >= 4 is 5.91 Å². The highest BCUT2D eigenvalue weighted by molar-refractivity contribution is 5.95. The number of hydrogen-bond acceptors (Lipinski definition) is 2. The highest BCUT2D eigenvalue weighted by Gasteiger charge is 2.11. The van der Waals surface area contributed by atoms with Crippen LogP contribution in [0, 0.1) is 0 Å². The second-order valence-corrected chi connectivity index (χ2v) is 3.90. The zero-order valence-electron chi connectivity index (χ0n) is 9.86. The molecule has 0 radical (unpaired) electrons. The molecule has 1 amide bonds. The summed E-state index contributed by atoms with van der Waals surface area (Å²) in [6, 6.07) is 7.60. The molecule has 0 fully saturated rings. The molecule has 16 heavy (non-hydrogen) atoms. The molecule has 1 aromatic carbocycles. The molecular weight excluding hydrogens is 202 g/mol. The molecule has 1 unspecified atom stereocenters. The number of benzene rings is 1. The SMILES string of the molecule is CCc1ccccc1C(=O)NC(C)CCO.